The Morgan fingerprint density at radius 1 is 1.75 bits per heavy atom. The Morgan fingerprint density at radius 2 is 2.50 bits per heavy atom. The fourth-order valence-electron chi connectivity index (χ4n) is 1.45. The minimum atomic E-state index is -0.0244. The molecule has 1 saturated heterocycles. The Kier molecular flexibility index (Phi) is 3.49. The monoisotopic (exact) mass is 171 g/mol. The maximum absolute atomic E-state index is 11.2. The van der Waals surface area contributed by atoms with Crippen molar-refractivity contribution in [3.05, 3.63) is 0 Å². The molecule has 0 aromatic carbocycles. The molecule has 0 aliphatic carbocycles. The van der Waals surface area contributed by atoms with Crippen LogP contribution in [0.4, 0.5) is 0 Å². The van der Waals surface area contributed by atoms with Crippen molar-refractivity contribution in [2.75, 3.05) is 33.2 Å². The van der Waals surface area contributed by atoms with Gasteiger partial charge in [0.25, 0.3) is 0 Å². The van der Waals surface area contributed by atoms with Gasteiger partial charge in [0.1, 0.15) is 0 Å². The second-order valence-electron chi connectivity index (χ2n) is 3.01. The second kappa shape index (κ2) is 4.42. The lowest BCUT2D eigenvalue weighted by atomic mass is 10.2. The largest absolute Gasteiger partial charge is 0.358 e. The summed E-state index contributed by atoms with van der Waals surface area (Å²) in [5.74, 6) is 0.0909. The summed E-state index contributed by atoms with van der Waals surface area (Å²) in [7, 11) is 1.68. The summed E-state index contributed by atoms with van der Waals surface area (Å²) < 4.78 is 0. The number of nitrogens with one attached hydrogen (secondary N) is 2. The number of carbonyl (C=O) groups is 1. The Bertz CT molecular complexity index is 160. The molecule has 0 aromatic heterocycles. The van der Waals surface area contributed by atoms with Gasteiger partial charge in [0.15, 0.2) is 0 Å². The molecule has 2 N–H and O–H groups in total. The van der Waals surface area contributed by atoms with E-state index in [4.69, 9.17) is 0 Å². The number of amides is 1. The van der Waals surface area contributed by atoms with Crippen LogP contribution in [0, 0.1) is 0 Å². The summed E-state index contributed by atoms with van der Waals surface area (Å²) >= 11 is 0. The molecule has 4 nitrogen and oxygen atoms in total. The number of likely N-dealkylation sites (N-methyl/N-ethyl adjacent to an activating group) is 2. The summed E-state index contributed by atoms with van der Waals surface area (Å²) in [6.07, 6.45) is 0. The summed E-state index contributed by atoms with van der Waals surface area (Å²) in [6.45, 7) is 5.92. The van der Waals surface area contributed by atoms with E-state index in [0.717, 1.165) is 26.2 Å². The fraction of sp³-hybridized carbons (Fsp3) is 0.875. The fourth-order valence-corrected chi connectivity index (χ4v) is 1.45. The first-order valence-corrected chi connectivity index (χ1v) is 4.45. The van der Waals surface area contributed by atoms with Crippen LogP contribution >= 0.6 is 0 Å². The van der Waals surface area contributed by atoms with E-state index < -0.39 is 0 Å². The number of carbonyl (C=O) groups excluding carboxylic acids is 1. The van der Waals surface area contributed by atoms with Gasteiger partial charge < -0.3 is 15.5 Å². The molecule has 1 amide bonds. The van der Waals surface area contributed by atoms with Gasteiger partial charge in [0, 0.05) is 26.7 Å². The van der Waals surface area contributed by atoms with Crippen LogP contribution in [0.15, 0.2) is 0 Å². The van der Waals surface area contributed by atoms with Gasteiger partial charge in [-0.15, -0.1) is 0 Å². The Hall–Kier alpha value is -0.610. The third-order valence-electron chi connectivity index (χ3n) is 2.27. The highest BCUT2D eigenvalue weighted by Crippen LogP contribution is 1.97. The van der Waals surface area contributed by atoms with Gasteiger partial charge in [-0.05, 0) is 6.54 Å². The first-order chi connectivity index (χ1) is 5.77. The van der Waals surface area contributed by atoms with E-state index in [2.05, 4.69) is 22.5 Å². The van der Waals surface area contributed by atoms with Gasteiger partial charge in [-0.1, -0.05) is 6.92 Å². The van der Waals surface area contributed by atoms with Crippen LogP contribution in [-0.2, 0) is 4.79 Å². The lowest BCUT2D eigenvalue weighted by Crippen LogP contribution is -2.56. The summed E-state index contributed by atoms with van der Waals surface area (Å²) in [5.41, 5.74) is 0. The Labute approximate surface area is 73.3 Å². The van der Waals surface area contributed by atoms with Crippen LogP contribution in [0.25, 0.3) is 0 Å². The third kappa shape index (κ3) is 2.19. The number of hydrogen-bond donors (Lipinski definition) is 2. The number of nitrogens with zero attached hydrogens (tertiary/aromatic N) is 1. The van der Waals surface area contributed by atoms with Crippen molar-refractivity contribution >= 4 is 5.91 Å². The van der Waals surface area contributed by atoms with Crippen LogP contribution < -0.4 is 10.6 Å². The van der Waals surface area contributed by atoms with Crippen LogP contribution in [0.5, 0.6) is 0 Å². The Balaban J connectivity index is 2.40. The lowest BCUT2D eigenvalue weighted by Gasteiger charge is -2.31. The maximum atomic E-state index is 11.2. The molecule has 0 aromatic rings. The Morgan fingerprint density at radius 3 is 3.08 bits per heavy atom. The van der Waals surface area contributed by atoms with Crippen LogP contribution in [-0.4, -0.2) is 50.1 Å². The summed E-state index contributed by atoms with van der Waals surface area (Å²) in [5, 5.41) is 5.83. The van der Waals surface area contributed by atoms with E-state index in [9.17, 15) is 4.79 Å². The smallest absolute Gasteiger partial charge is 0.238 e. The zero-order valence-electron chi connectivity index (χ0n) is 7.76. The van der Waals surface area contributed by atoms with Gasteiger partial charge >= 0.3 is 0 Å². The van der Waals surface area contributed by atoms with Crippen molar-refractivity contribution in [3.63, 3.8) is 0 Å². The first kappa shape index (κ1) is 9.48. The molecule has 1 heterocycles. The van der Waals surface area contributed by atoms with Gasteiger partial charge in [-0.2, -0.15) is 0 Å². The number of rotatable bonds is 2. The molecule has 70 valence electrons. The average molecular weight is 171 g/mol. The van der Waals surface area contributed by atoms with Crippen LogP contribution in [0.2, 0.25) is 0 Å². The van der Waals surface area contributed by atoms with Crippen molar-refractivity contribution in [2.24, 2.45) is 0 Å². The molecule has 1 atom stereocenters. The molecule has 0 radical (unpaired) electrons. The van der Waals surface area contributed by atoms with Gasteiger partial charge in [0.2, 0.25) is 5.91 Å². The number of hydrogen-bond acceptors (Lipinski definition) is 3. The first-order valence-electron chi connectivity index (χ1n) is 4.45. The van der Waals surface area contributed by atoms with Gasteiger partial charge in [0.05, 0.1) is 6.04 Å². The highest BCUT2D eigenvalue weighted by molar-refractivity contribution is 5.81. The van der Waals surface area contributed by atoms with E-state index in [1.807, 2.05) is 0 Å². The van der Waals surface area contributed by atoms with E-state index in [0.29, 0.717) is 0 Å². The van der Waals surface area contributed by atoms with E-state index >= 15 is 0 Å². The molecule has 1 unspecified atom stereocenters. The van der Waals surface area contributed by atoms with Crippen molar-refractivity contribution in [2.45, 2.75) is 13.0 Å². The standard InChI is InChI=1S/C8H17N3O/c1-3-11-5-4-10-7(6-11)8(12)9-2/h7,10H,3-6H2,1-2H3,(H,9,12). The molecule has 0 bridgehead atoms. The second-order valence-corrected chi connectivity index (χ2v) is 3.01. The molecular weight excluding hydrogens is 154 g/mol. The highest BCUT2D eigenvalue weighted by Gasteiger charge is 2.22. The normalized spacial score (nSPS) is 25.3. The van der Waals surface area contributed by atoms with Crippen molar-refractivity contribution in [3.8, 4) is 0 Å². The average Bonchev–Trinajstić information content (AvgIpc) is 2.17. The molecule has 1 aliphatic rings. The van der Waals surface area contributed by atoms with Crippen molar-refractivity contribution in [1.29, 1.82) is 0 Å². The molecule has 1 fully saturated rings. The SMILES string of the molecule is CCN1CCNC(C(=O)NC)C1. The van der Waals surface area contributed by atoms with Gasteiger partial charge in [-0.3, -0.25) is 4.79 Å². The van der Waals surface area contributed by atoms with Crippen molar-refractivity contribution < 1.29 is 4.79 Å². The minimum absolute atomic E-state index is 0.0244. The highest BCUT2D eigenvalue weighted by atomic mass is 16.2. The lowest BCUT2D eigenvalue weighted by molar-refractivity contribution is -0.123. The zero-order chi connectivity index (χ0) is 8.97. The predicted octanol–water partition coefficient (Wildman–Crippen LogP) is -0.974. The third-order valence-corrected chi connectivity index (χ3v) is 2.27. The zero-order valence-corrected chi connectivity index (χ0v) is 7.76. The van der Waals surface area contributed by atoms with E-state index in [1.165, 1.54) is 0 Å². The molecule has 1 aliphatic heterocycles. The van der Waals surface area contributed by atoms with Crippen LogP contribution in [0.3, 0.4) is 0 Å². The minimum Gasteiger partial charge on any atom is -0.358 e. The summed E-state index contributed by atoms with van der Waals surface area (Å²) in [4.78, 5) is 13.5. The molecule has 0 saturated carbocycles. The summed E-state index contributed by atoms with van der Waals surface area (Å²) in [6, 6.07) is -0.0244. The van der Waals surface area contributed by atoms with Crippen LogP contribution in [0.1, 0.15) is 6.92 Å². The quantitative estimate of drug-likeness (QED) is 0.561. The molecular formula is C8H17N3O. The molecule has 0 spiro atoms. The molecule has 1 rings (SSSR count). The molecule has 12 heavy (non-hydrogen) atoms. The van der Waals surface area contributed by atoms with Gasteiger partial charge in [-0.25, -0.2) is 0 Å². The number of piperazine rings is 1. The van der Waals surface area contributed by atoms with E-state index in [-0.39, 0.29) is 11.9 Å². The predicted molar refractivity (Wildman–Crippen MR) is 48.0 cm³/mol. The topological polar surface area (TPSA) is 44.4 Å². The molecule has 4 heteroatoms. The van der Waals surface area contributed by atoms with E-state index in [1.54, 1.807) is 7.05 Å². The maximum Gasteiger partial charge on any atom is 0.238 e. The van der Waals surface area contributed by atoms with Crippen molar-refractivity contribution in [1.82, 2.24) is 15.5 Å².